The smallest absolute Gasteiger partial charge is 0.320 e. The van der Waals surface area contributed by atoms with Crippen molar-refractivity contribution in [1.82, 2.24) is 24.8 Å². The zero-order valence-electron chi connectivity index (χ0n) is 23.0. The fourth-order valence-electron chi connectivity index (χ4n) is 4.42. The second-order valence-electron chi connectivity index (χ2n) is 11.3. The highest BCUT2D eigenvalue weighted by atomic mass is 28.4. The molecule has 0 radical (unpaired) electrons. The molecule has 210 valence electrons. The Labute approximate surface area is 227 Å². The van der Waals surface area contributed by atoms with Crippen LogP contribution in [0, 0.1) is 5.82 Å². The molecule has 2 aliphatic rings. The van der Waals surface area contributed by atoms with Crippen LogP contribution < -0.4 is 10.6 Å². The average Bonchev–Trinajstić information content (AvgIpc) is 3.57. The largest absolute Gasteiger partial charge is 0.414 e. The van der Waals surface area contributed by atoms with Gasteiger partial charge in [0.25, 0.3) is 0 Å². The van der Waals surface area contributed by atoms with Crippen molar-refractivity contribution < 1.29 is 27.8 Å². The number of fused-ring (bicyclic) bond motifs is 2. The lowest BCUT2D eigenvalue weighted by Gasteiger charge is -2.37. The lowest BCUT2D eigenvalue weighted by molar-refractivity contribution is -0.152. The van der Waals surface area contributed by atoms with Crippen molar-refractivity contribution in [3.8, 4) is 0 Å². The van der Waals surface area contributed by atoms with E-state index in [1.54, 1.807) is 23.0 Å². The van der Waals surface area contributed by atoms with Crippen LogP contribution in [0.4, 0.5) is 15.0 Å². The van der Waals surface area contributed by atoms with Gasteiger partial charge in [-0.3, -0.25) is 9.88 Å². The van der Waals surface area contributed by atoms with Gasteiger partial charge in [-0.2, -0.15) is 0 Å². The van der Waals surface area contributed by atoms with Crippen LogP contribution in [0.5, 0.6) is 0 Å². The molecule has 0 bridgehead atoms. The lowest BCUT2D eigenvalue weighted by Crippen LogP contribution is -2.44. The van der Waals surface area contributed by atoms with Crippen LogP contribution in [-0.2, 0) is 18.6 Å². The molecule has 2 fully saturated rings. The zero-order chi connectivity index (χ0) is 27.9. The van der Waals surface area contributed by atoms with Gasteiger partial charge in [0, 0.05) is 12.1 Å². The van der Waals surface area contributed by atoms with Gasteiger partial charge >= 0.3 is 6.03 Å². The fourth-order valence-corrected chi connectivity index (χ4v) is 5.43. The molecular weight excluding hydrogens is 523 g/mol. The molecule has 5 unspecified atom stereocenters. The van der Waals surface area contributed by atoms with E-state index in [2.05, 4.69) is 59.5 Å². The van der Waals surface area contributed by atoms with Gasteiger partial charge in [0.2, 0.25) is 0 Å². The predicted octanol–water partition coefficient (Wildman–Crippen LogP) is 4.51. The summed E-state index contributed by atoms with van der Waals surface area (Å²) in [5.74, 6) is -0.0507. The van der Waals surface area contributed by atoms with E-state index in [4.69, 9.17) is 18.6 Å². The first-order valence-electron chi connectivity index (χ1n) is 13.1. The van der Waals surface area contributed by atoms with Gasteiger partial charge in [-0.05, 0) is 37.2 Å². The normalized spacial score (nSPS) is 25.2. The van der Waals surface area contributed by atoms with Crippen molar-refractivity contribution in [1.29, 1.82) is 0 Å². The van der Waals surface area contributed by atoms with Crippen molar-refractivity contribution in [2.24, 2.45) is 0 Å². The van der Waals surface area contributed by atoms with E-state index in [0.717, 1.165) is 0 Å². The Bertz CT molecular complexity index is 1330. The van der Waals surface area contributed by atoms with Crippen LogP contribution in [0.25, 0.3) is 11.2 Å². The SMILES string of the molecule is CCNC(=O)Nc1ncnc2c1ncn2C1OC(CO[Si](C)(C)C(C)(C)C)C2OC(c3ccc(F)cc3)OC21. The van der Waals surface area contributed by atoms with E-state index in [0.29, 0.717) is 29.9 Å². The number of anilines is 1. The third-order valence-corrected chi connectivity index (χ3v) is 12.1. The number of benzene rings is 1. The van der Waals surface area contributed by atoms with Crippen molar-refractivity contribution >= 4 is 31.3 Å². The van der Waals surface area contributed by atoms with Crippen LogP contribution in [0.15, 0.2) is 36.9 Å². The Kier molecular flexibility index (Phi) is 7.46. The maximum absolute atomic E-state index is 13.6. The molecule has 1 aromatic carbocycles. The Hall–Kier alpha value is -2.97. The van der Waals surface area contributed by atoms with Crippen molar-refractivity contribution in [2.75, 3.05) is 18.5 Å². The Balaban J connectivity index is 1.44. The number of aromatic nitrogens is 4. The molecule has 3 aromatic rings. The number of imidazole rings is 1. The van der Waals surface area contributed by atoms with Gasteiger partial charge in [-0.25, -0.2) is 24.1 Å². The first kappa shape index (κ1) is 27.6. The summed E-state index contributed by atoms with van der Waals surface area (Å²) < 4.78 is 41.1. The van der Waals surface area contributed by atoms with E-state index in [9.17, 15) is 9.18 Å². The van der Waals surface area contributed by atoms with E-state index < -0.39 is 39.1 Å². The molecular formula is C26H35FN6O5Si. The number of carbonyl (C=O) groups excluding carboxylic acids is 1. The number of hydrogen-bond donors (Lipinski definition) is 2. The number of nitrogens with one attached hydrogen (secondary N) is 2. The molecule has 13 heteroatoms. The number of hydrogen-bond acceptors (Lipinski definition) is 8. The topological polar surface area (TPSA) is 122 Å². The van der Waals surface area contributed by atoms with Crippen LogP contribution in [0.1, 0.15) is 45.8 Å². The van der Waals surface area contributed by atoms with Crippen LogP contribution in [0.2, 0.25) is 18.1 Å². The minimum atomic E-state index is -2.07. The summed E-state index contributed by atoms with van der Waals surface area (Å²) >= 11 is 0. The monoisotopic (exact) mass is 558 g/mol. The Morgan fingerprint density at radius 2 is 1.82 bits per heavy atom. The maximum atomic E-state index is 13.6. The van der Waals surface area contributed by atoms with Gasteiger partial charge in [0.15, 0.2) is 37.8 Å². The van der Waals surface area contributed by atoms with Crippen LogP contribution in [-0.4, -0.2) is 65.3 Å². The van der Waals surface area contributed by atoms with E-state index >= 15 is 0 Å². The maximum Gasteiger partial charge on any atom is 0.320 e. The summed E-state index contributed by atoms with van der Waals surface area (Å²) in [6, 6.07) is 5.67. The molecule has 0 spiro atoms. The first-order chi connectivity index (χ1) is 18.5. The Morgan fingerprint density at radius 3 is 2.51 bits per heavy atom. The minimum Gasteiger partial charge on any atom is -0.414 e. The quantitative estimate of drug-likeness (QED) is 0.407. The molecule has 0 saturated carbocycles. The third kappa shape index (κ3) is 5.41. The summed E-state index contributed by atoms with van der Waals surface area (Å²) in [7, 11) is -2.07. The number of halogens is 1. The van der Waals surface area contributed by atoms with E-state index in [1.807, 2.05) is 6.92 Å². The van der Waals surface area contributed by atoms with Gasteiger partial charge < -0.3 is 24.0 Å². The zero-order valence-corrected chi connectivity index (χ0v) is 24.0. The standard InChI is InChI=1S/C26H35FN6O5Si/c1-7-28-25(34)32-21-18-22(30-13-29-21)33(14-31-18)23-20-19(17(36-23)12-35-39(5,6)26(2,3)4)37-24(38-20)15-8-10-16(27)11-9-15/h8-11,13-14,17,19-20,23-24H,7,12H2,1-6H3,(H2,28,29,30,32,34). The van der Waals surface area contributed by atoms with Crippen molar-refractivity contribution in [3.63, 3.8) is 0 Å². The van der Waals surface area contributed by atoms with Crippen LogP contribution in [0.3, 0.4) is 0 Å². The molecule has 0 aliphatic carbocycles. The summed E-state index contributed by atoms with van der Waals surface area (Å²) in [6.45, 7) is 13.6. The number of rotatable bonds is 7. The molecule has 2 amide bonds. The molecule has 2 N–H and O–H groups in total. The number of urea groups is 1. The van der Waals surface area contributed by atoms with Gasteiger partial charge in [0.1, 0.15) is 30.5 Å². The number of amides is 2. The molecule has 2 saturated heterocycles. The first-order valence-corrected chi connectivity index (χ1v) is 16.0. The van der Waals surface area contributed by atoms with Gasteiger partial charge in [-0.15, -0.1) is 0 Å². The number of carbonyl (C=O) groups is 1. The van der Waals surface area contributed by atoms with Crippen molar-refractivity contribution in [3.05, 3.63) is 48.3 Å². The highest BCUT2D eigenvalue weighted by Crippen LogP contribution is 2.46. The molecule has 11 nitrogen and oxygen atoms in total. The third-order valence-electron chi connectivity index (χ3n) is 7.61. The minimum absolute atomic E-state index is 0.0268. The van der Waals surface area contributed by atoms with E-state index in [1.165, 1.54) is 18.5 Å². The summed E-state index contributed by atoms with van der Waals surface area (Å²) in [5.41, 5.74) is 1.60. The summed E-state index contributed by atoms with van der Waals surface area (Å²) in [6.07, 6.45) is 0.247. The molecule has 39 heavy (non-hydrogen) atoms. The van der Waals surface area contributed by atoms with Crippen molar-refractivity contribution in [2.45, 2.75) is 76.7 Å². The van der Waals surface area contributed by atoms with Gasteiger partial charge in [0.05, 0.1) is 12.9 Å². The second-order valence-corrected chi connectivity index (χ2v) is 16.1. The second kappa shape index (κ2) is 10.5. The highest BCUT2D eigenvalue weighted by Gasteiger charge is 2.54. The van der Waals surface area contributed by atoms with Gasteiger partial charge in [-0.1, -0.05) is 32.9 Å². The number of nitrogens with zero attached hydrogens (tertiary/aromatic N) is 4. The molecule has 5 atom stereocenters. The predicted molar refractivity (Wildman–Crippen MR) is 144 cm³/mol. The fraction of sp³-hybridized carbons (Fsp3) is 0.538. The summed E-state index contributed by atoms with van der Waals surface area (Å²) in [5, 5.41) is 5.41. The highest BCUT2D eigenvalue weighted by molar-refractivity contribution is 6.74. The molecule has 4 heterocycles. The lowest BCUT2D eigenvalue weighted by atomic mass is 10.1. The Morgan fingerprint density at radius 1 is 1.10 bits per heavy atom. The van der Waals surface area contributed by atoms with E-state index in [-0.39, 0.29) is 22.7 Å². The summed E-state index contributed by atoms with van der Waals surface area (Å²) in [4.78, 5) is 25.2. The average molecular weight is 559 g/mol. The molecule has 5 rings (SSSR count). The number of ether oxygens (including phenoxy) is 3. The molecule has 2 aromatic heterocycles. The molecule has 2 aliphatic heterocycles. The van der Waals surface area contributed by atoms with Crippen LogP contribution >= 0.6 is 0 Å².